The van der Waals surface area contributed by atoms with Gasteiger partial charge in [0.2, 0.25) is 0 Å². The number of hydrogen-bond acceptors (Lipinski definition) is 3. The van der Waals surface area contributed by atoms with Crippen LogP contribution in [0, 0.1) is 0 Å². The number of hydrogen-bond donors (Lipinski definition) is 1. The van der Waals surface area contributed by atoms with Crippen LogP contribution in [0.25, 0.3) is 10.1 Å². The number of fused-ring (bicyclic) bond motifs is 1. The molecule has 2 aromatic rings. The number of thiophene rings is 1. The van der Waals surface area contributed by atoms with Crippen LogP contribution in [0.4, 0.5) is 0 Å². The van der Waals surface area contributed by atoms with E-state index in [4.69, 9.17) is 0 Å². The highest BCUT2D eigenvalue weighted by molar-refractivity contribution is 7.17. The van der Waals surface area contributed by atoms with E-state index in [2.05, 4.69) is 17.4 Å². The zero-order valence-corrected chi connectivity index (χ0v) is 8.67. The summed E-state index contributed by atoms with van der Waals surface area (Å²) in [6.45, 7) is 0. The minimum Gasteiger partial charge on any atom is -0.307 e. The molecule has 2 rings (SSSR count). The molecule has 0 radical (unpaired) electrons. The standard InChI is InChI=1S/C11H11NOS/c1-12-10(6-13)9-7-14-11-5-3-2-4-8(9)11/h2-7,10,12H,1H3. The second-order valence-corrected chi connectivity index (χ2v) is 4.00. The van der Waals surface area contributed by atoms with E-state index in [0.717, 1.165) is 11.8 Å². The van der Waals surface area contributed by atoms with E-state index in [1.807, 2.05) is 17.5 Å². The molecule has 0 spiro atoms. The Morgan fingerprint density at radius 1 is 1.43 bits per heavy atom. The first-order valence-electron chi connectivity index (χ1n) is 4.45. The molecule has 0 bridgehead atoms. The number of aldehydes is 1. The lowest BCUT2D eigenvalue weighted by Crippen LogP contribution is -2.16. The van der Waals surface area contributed by atoms with Crippen LogP contribution in [0.5, 0.6) is 0 Å². The van der Waals surface area contributed by atoms with Gasteiger partial charge in [0.05, 0.1) is 6.04 Å². The van der Waals surface area contributed by atoms with Crippen molar-refractivity contribution in [1.29, 1.82) is 0 Å². The van der Waals surface area contributed by atoms with E-state index in [0.29, 0.717) is 0 Å². The molecule has 0 amide bonds. The molecule has 1 aromatic carbocycles. The van der Waals surface area contributed by atoms with E-state index < -0.39 is 0 Å². The Morgan fingerprint density at radius 3 is 2.93 bits per heavy atom. The third kappa shape index (κ3) is 1.45. The molecule has 0 saturated carbocycles. The fourth-order valence-electron chi connectivity index (χ4n) is 1.54. The quantitative estimate of drug-likeness (QED) is 0.779. The summed E-state index contributed by atoms with van der Waals surface area (Å²) in [4.78, 5) is 10.8. The highest BCUT2D eigenvalue weighted by atomic mass is 32.1. The van der Waals surface area contributed by atoms with Gasteiger partial charge in [-0.3, -0.25) is 0 Å². The van der Waals surface area contributed by atoms with Gasteiger partial charge in [-0.15, -0.1) is 11.3 Å². The van der Waals surface area contributed by atoms with E-state index in [-0.39, 0.29) is 6.04 Å². The average Bonchev–Trinajstić information content (AvgIpc) is 2.65. The SMILES string of the molecule is CNC(C=O)c1csc2ccccc12. The lowest BCUT2D eigenvalue weighted by molar-refractivity contribution is -0.109. The lowest BCUT2D eigenvalue weighted by Gasteiger charge is -2.06. The van der Waals surface area contributed by atoms with Gasteiger partial charge in [0.25, 0.3) is 0 Å². The monoisotopic (exact) mass is 205 g/mol. The molecule has 3 heteroatoms. The first kappa shape index (κ1) is 9.37. The number of rotatable bonds is 3. The molecule has 1 aromatic heterocycles. The van der Waals surface area contributed by atoms with E-state index >= 15 is 0 Å². The molecular formula is C11H11NOS. The number of nitrogens with one attached hydrogen (secondary N) is 1. The third-order valence-corrected chi connectivity index (χ3v) is 3.27. The fraction of sp³-hybridized carbons (Fsp3) is 0.182. The molecule has 0 fully saturated rings. The summed E-state index contributed by atoms with van der Waals surface area (Å²) in [5.74, 6) is 0. The number of carbonyl (C=O) groups excluding carboxylic acids is 1. The van der Waals surface area contributed by atoms with Crippen LogP contribution in [-0.4, -0.2) is 13.3 Å². The van der Waals surface area contributed by atoms with Crippen molar-refractivity contribution in [1.82, 2.24) is 5.32 Å². The molecule has 1 heterocycles. The number of benzene rings is 1. The number of carbonyl (C=O) groups is 1. The molecule has 2 nitrogen and oxygen atoms in total. The average molecular weight is 205 g/mol. The molecule has 1 atom stereocenters. The third-order valence-electron chi connectivity index (χ3n) is 2.29. The Hall–Kier alpha value is -1.19. The summed E-state index contributed by atoms with van der Waals surface area (Å²) in [7, 11) is 1.80. The van der Waals surface area contributed by atoms with Crippen molar-refractivity contribution in [3.8, 4) is 0 Å². The van der Waals surface area contributed by atoms with Crippen molar-refractivity contribution in [3.05, 3.63) is 35.2 Å². The number of likely N-dealkylation sites (N-methyl/N-ethyl adjacent to an activating group) is 1. The van der Waals surface area contributed by atoms with Crippen molar-refractivity contribution < 1.29 is 4.79 Å². The Balaban J connectivity index is 2.57. The first-order valence-corrected chi connectivity index (χ1v) is 5.33. The van der Waals surface area contributed by atoms with Gasteiger partial charge >= 0.3 is 0 Å². The maximum atomic E-state index is 10.8. The predicted octanol–water partition coefficient (Wildman–Crippen LogP) is 2.36. The molecule has 72 valence electrons. The van der Waals surface area contributed by atoms with Gasteiger partial charge in [0, 0.05) is 4.70 Å². The summed E-state index contributed by atoms with van der Waals surface area (Å²) < 4.78 is 1.23. The smallest absolute Gasteiger partial charge is 0.141 e. The lowest BCUT2D eigenvalue weighted by atomic mass is 10.1. The van der Waals surface area contributed by atoms with Crippen molar-refractivity contribution in [2.45, 2.75) is 6.04 Å². The fourth-order valence-corrected chi connectivity index (χ4v) is 2.53. The van der Waals surface area contributed by atoms with Crippen LogP contribution >= 0.6 is 11.3 Å². The van der Waals surface area contributed by atoms with Gasteiger partial charge < -0.3 is 10.1 Å². The highest BCUT2D eigenvalue weighted by Crippen LogP contribution is 2.29. The van der Waals surface area contributed by atoms with Crippen molar-refractivity contribution in [3.63, 3.8) is 0 Å². The summed E-state index contributed by atoms with van der Waals surface area (Å²) in [5, 5.41) is 6.20. The van der Waals surface area contributed by atoms with E-state index in [1.54, 1.807) is 18.4 Å². The minimum atomic E-state index is -0.189. The predicted molar refractivity (Wildman–Crippen MR) is 59.7 cm³/mol. The zero-order chi connectivity index (χ0) is 9.97. The van der Waals surface area contributed by atoms with E-state index in [1.165, 1.54) is 10.1 Å². The first-order chi connectivity index (χ1) is 6.86. The van der Waals surface area contributed by atoms with Crippen LogP contribution in [0.1, 0.15) is 11.6 Å². The van der Waals surface area contributed by atoms with E-state index in [9.17, 15) is 4.79 Å². The summed E-state index contributed by atoms with van der Waals surface area (Å²) in [6, 6.07) is 7.94. The van der Waals surface area contributed by atoms with Gasteiger partial charge in [-0.2, -0.15) is 0 Å². The van der Waals surface area contributed by atoms with Gasteiger partial charge in [-0.25, -0.2) is 0 Å². The summed E-state index contributed by atoms with van der Waals surface area (Å²) in [5.41, 5.74) is 1.07. The second kappa shape index (κ2) is 3.90. The summed E-state index contributed by atoms with van der Waals surface area (Å²) in [6.07, 6.45) is 0.939. The Kier molecular flexibility index (Phi) is 2.61. The second-order valence-electron chi connectivity index (χ2n) is 3.09. The van der Waals surface area contributed by atoms with Gasteiger partial charge in [-0.05, 0) is 29.4 Å². The largest absolute Gasteiger partial charge is 0.307 e. The highest BCUT2D eigenvalue weighted by Gasteiger charge is 2.12. The Bertz CT molecular complexity index is 449. The van der Waals surface area contributed by atoms with Crippen molar-refractivity contribution in [2.75, 3.05) is 7.05 Å². The van der Waals surface area contributed by atoms with Crippen LogP contribution in [-0.2, 0) is 4.79 Å². The molecule has 0 aliphatic carbocycles. The maximum Gasteiger partial charge on any atom is 0.141 e. The van der Waals surface area contributed by atoms with Crippen LogP contribution in [0.2, 0.25) is 0 Å². The maximum absolute atomic E-state index is 10.8. The molecular weight excluding hydrogens is 194 g/mol. The van der Waals surface area contributed by atoms with Crippen molar-refractivity contribution >= 4 is 27.7 Å². The molecule has 0 aliphatic heterocycles. The van der Waals surface area contributed by atoms with Gasteiger partial charge in [0.1, 0.15) is 6.29 Å². The van der Waals surface area contributed by atoms with Crippen LogP contribution < -0.4 is 5.32 Å². The van der Waals surface area contributed by atoms with Gasteiger partial charge in [0.15, 0.2) is 0 Å². The summed E-state index contributed by atoms with van der Waals surface area (Å²) >= 11 is 1.67. The normalized spacial score (nSPS) is 12.9. The molecule has 14 heavy (non-hydrogen) atoms. The molecule has 0 aliphatic rings. The van der Waals surface area contributed by atoms with Crippen LogP contribution in [0.15, 0.2) is 29.6 Å². The molecule has 1 N–H and O–H groups in total. The van der Waals surface area contributed by atoms with Gasteiger partial charge in [-0.1, -0.05) is 18.2 Å². The topological polar surface area (TPSA) is 29.1 Å². The minimum absolute atomic E-state index is 0.189. The molecule has 1 unspecified atom stereocenters. The molecule has 0 saturated heterocycles. The Labute approximate surface area is 86.6 Å². The Morgan fingerprint density at radius 2 is 2.21 bits per heavy atom. The van der Waals surface area contributed by atoms with Crippen molar-refractivity contribution in [2.24, 2.45) is 0 Å². The zero-order valence-electron chi connectivity index (χ0n) is 7.86. The van der Waals surface area contributed by atoms with Crippen LogP contribution in [0.3, 0.4) is 0 Å².